The van der Waals surface area contributed by atoms with E-state index >= 15 is 0 Å². The Bertz CT molecular complexity index is 1510. The van der Waals surface area contributed by atoms with Gasteiger partial charge in [-0.1, -0.05) is 11.6 Å². The highest BCUT2D eigenvalue weighted by molar-refractivity contribution is 6.30. The number of fused-ring (bicyclic) bond motifs is 2. The summed E-state index contributed by atoms with van der Waals surface area (Å²) in [4.78, 5) is 22.7. The van der Waals surface area contributed by atoms with Gasteiger partial charge in [-0.2, -0.15) is 5.10 Å². The zero-order valence-corrected chi connectivity index (χ0v) is 19.5. The SMILES string of the molecule is Cc1cc(-c2cc(C(=O)NCc3cn4cc(Cl)ccc4n3)c3cnn(C(C)C)c3n2)c(C)o1. The predicted molar refractivity (Wildman–Crippen MR) is 126 cm³/mol. The van der Waals surface area contributed by atoms with Crippen LogP contribution in [0.2, 0.25) is 5.02 Å². The van der Waals surface area contributed by atoms with Crippen molar-refractivity contribution in [2.45, 2.75) is 40.3 Å². The number of imidazole rings is 1. The molecule has 0 aliphatic rings. The van der Waals surface area contributed by atoms with Crippen molar-refractivity contribution in [3.05, 3.63) is 70.7 Å². The predicted octanol–water partition coefficient (Wildman–Crippen LogP) is 5.12. The third kappa shape index (κ3) is 3.87. The first-order chi connectivity index (χ1) is 15.8. The van der Waals surface area contributed by atoms with Gasteiger partial charge in [-0.15, -0.1) is 0 Å². The zero-order valence-electron chi connectivity index (χ0n) is 18.8. The second-order valence-electron chi connectivity index (χ2n) is 8.33. The average molecular weight is 463 g/mol. The lowest BCUT2D eigenvalue weighted by atomic mass is 10.1. The minimum Gasteiger partial charge on any atom is -0.466 e. The maximum Gasteiger partial charge on any atom is 0.252 e. The van der Waals surface area contributed by atoms with Gasteiger partial charge in [0.2, 0.25) is 0 Å². The van der Waals surface area contributed by atoms with E-state index in [-0.39, 0.29) is 18.5 Å². The number of pyridine rings is 2. The monoisotopic (exact) mass is 462 g/mol. The lowest BCUT2D eigenvalue weighted by molar-refractivity contribution is 0.0952. The van der Waals surface area contributed by atoms with E-state index in [0.717, 1.165) is 28.4 Å². The van der Waals surface area contributed by atoms with Crippen molar-refractivity contribution in [1.82, 2.24) is 29.5 Å². The third-order valence-corrected chi connectivity index (χ3v) is 5.74. The fourth-order valence-electron chi connectivity index (χ4n) is 3.98. The molecule has 0 saturated carbocycles. The highest BCUT2D eigenvalue weighted by atomic mass is 35.5. The van der Waals surface area contributed by atoms with Crippen molar-refractivity contribution in [3.8, 4) is 11.3 Å². The second-order valence-corrected chi connectivity index (χ2v) is 8.77. The number of nitrogens with zero attached hydrogens (tertiary/aromatic N) is 5. The highest BCUT2D eigenvalue weighted by Gasteiger charge is 2.20. The molecule has 5 aromatic rings. The molecule has 5 heterocycles. The molecule has 0 aliphatic heterocycles. The van der Waals surface area contributed by atoms with E-state index in [1.165, 1.54) is 0 Å². The number of nitrogens with one attached hydrogen (secondary N) is 1. The lowest BCUT2D eigenvalue weighted by Gasteiger charge is -2.10. The van der Waals surface area contributed by atoms with Gasteiger partial charge in [-0.3, -0.25) is 4.79 Å². The Labute approximate surface area is 195 Å². The van der Waals surface area contributed by atoms with E-state index in [1.54, 1.807) is 24.5 Å². The van der Waals surface area contributed by atoms with Crippen LogP contribution in [0.25, 0.3) is 27.9 Å². The molecule has 5 aromatic heterocycles. The van der Waals surface area contributed by atoms with E-state index < -0.39 is 0 Å². The number of amides is 1. The molecule has 5 rings (SSSR count). The molecule has 0 fully saturated rings. The molecular formula is C24H23ClN6O2. The van der Waals surface area contributed by atoms with Crippen LogP contribution >= 0.6 is 11.6 Å². The Balaban J connectivity index is 1.52. The summed E-state index contributed by atoms with van der Waals surface area (Å²) in [5.74, 6) is 1.32. The van der Waals surface area contributed by atoms with Crippen LogP contribution in [0.1, 0.15) is 47.5 Å². The summed E-state index contributed by atoms with van der Waals surface area (Å²) >= 11 is 6.05. The fraction of sp³-hybridized carbons (Fsp3) is 0.250. The molecule has 1 amide bonds. The van der Waals surface area contributed by atoms with Gasteiger partial charge in [0.1, 0.15) is 17.2 Å². The van der Waals surface area contributed by atoms with Crippen molar-refractivity contribution in [2.24, 2.45) is 0 Å². The molecule has 9 heteroatoms. The molecule has 168 valence electrons. The zero-order chi connectivity index (χ0) is 23.3. The minimum atomic E-state index is -0.222. The van der Waals surface area contributed by atoms with Crippen LogP contribution in [-0.4, -0.2) is 30.1 Å². The van der Waals surface area contributed by atoms with Gasteiger partial charge < -0.3 is 14.1 Å². The first-order valence-electron chi connectivity index (χ1n) is 10.7. The number of rotatable bonds is 5. The number of carbonyl (C=O) groups is 1. The van der Waals surface area contributed by atoms with Crippen LogP contribution in [0.15, 0.2) is 47.3 Å². The Hall–Kier alpha value is -3.65. The maximum absolute atomic E-state index is 13.3. The number of hydrogen-bond donors (Lipinski definition) is 1. The Morgan fingerprint density at radius 1 is 1.18 bits per heavy atom. The molecule has 0 aliphatic carbocycles. The van der Waals surface area contributed by atoms with Gasteiger partial charge >= 0.3 is 0 Å². The molecule has 0 aromatic carbocycles. The minimum absolute atomic E-state index is 0.0955. The van der Waals surface area contributed by atoms with Crippen molar-refractivity contribution in [2.75, 3.05) is 0 Å². The van der Waals surface area contributed by atoms with Crippen LogP contribution < -0.4 is 5.32 Å². The van der Waals surface area contributed by atoms with E-state index in [2.05, 4.69) is 15.4 Å². The highest BCUT2D eigenvalue weighted by Crippen LogP contribution is 2.30. The number of aryl methyl sites for hydroxylation is 2. The van der Waals surface area contributed by atoms with Gasteiger partial charge in [-0.25, -0.2) is 14.6 Å². The van der Waals surface area contributed by atoms with Crippen LogP contribution in [0.5, 0.6) is 0 Å². The van der Waals surface area contributed by atoms with E-state index in [9.17, 15) is 4.79 Å². The van der Waals surface area contributed by atoms with Gasteiger partial charge in [0.25, 0.3) is 5.91 Å². The quantitative estimate of drug-likeness (QED) is 0.391. The van der Waals surface area contributed by atoms with Gasteiger partial charge in [0.05, 0.1) is 40.1 Å². The summed E-state index contributed by atoms with van der Waals surface area (Å²) in [7, 11) is 0. The van der Waals surface area contributed by atoms with E-state index in [1.807, 2.05) is 55.1 Å². The smallest absolute Gasteiger partial charge is 0.252 e. The Morgan fingerprint density at radius 2 is 2.00 bits per heavy atom. The molecule has 33 heavy (non-hydrogen) atoms. The molecule has 0 spiro atoms. The number of hydrogen-bond acceptors (Lipinski definition) is 5. The topological polar surface area (TPSA) is 90.2 Å². The van der Waals surface area contributed by atoms with Crippen LogP contribution in [0.3, 0.4) is 0 Å². The molecule has 0 unspecified atom stereocenters. The van der Waals surface area contributed by atoms with Gasteiger partial charge in [-0.05, 0) is 52.0 Å². The van der Waals surface area contributed by atoms with Crippen molar-refractivity contribution in [1.29, 1.82) is 0 Å². The van der Waals surface area contributed by atoms with Crippen LogP contribution in [-0.2, 0) is 6.54 Å². The number of halogens is 1. The first-order valence-corrected chi connectivity index (χ1v) is 11.0. The summed E-state index contributed by atoms with van der Waals surface area (Å²) in [6.07, 6.45) is 5.33. The van der Waals surface area contributed by atoms with E-state index in [0.29, 0.717) is 27.3 Å². The van der Waals surface area contributed by atoms with Crippen molar-refractivity contribution < 1.29 is 9.21 Å². The van der Waals surface area contributed by atoms with E-state index in [4.69, 9.17) is 21.0 Å². The van der Waals surface area contributed by atoms with Crippen molar-refractivity contribution in [3.63, 3.8) is 0 Å². The third-order valence-electron chi connectivity index (χ3n) is 5.51. The second kappa shape index (κ2) is 8.04. The summed E-state index contributed by atoms with van der Waals surface area (Å²) in [5, 5.41) is 8.78. The maximum atomic E-state index is 13.3. The van der Waals surface area contributed by atoms with Crippen LogP contribution in [0, 0.1) is 13.8 Å². The molecule has 0 bridgehead atoms. The summed E-state index contributed by atoms with van der Waals surface area (Å²) in [6, 6.07) is 7.45. The van der Waals surface area contributed by atoms with Crippen LogP contribution in [0.4, 0.5) is 0 Å². The number of furan rings is 1. The molecule has 8 nitrogen and oxygen atoms in total. The number of carbonyl (C=O) groups excluding carboxylic acids is 1. The largest absolute Gasteiger partial charge is 0.466 e. The molecule has 0 atom stereocenters. The Morgan fingerprint density at radius 3 is 2.73 bits per heavy atom. The summed E-state index contributed by atoms with van der Waals surface area (Å²) in [5.41, 5.74) is 4.20. The average Bonchev–Trinajstić information content (AvgIpc) is 3.46. The molecule has 1 N–H and O–H groups in total. The fourth-order valence-corrected chi connectivity index (χ4v) is 4.14. The van der Waals surface area contributed by atoms with Gasteiger partial charge in [0, 0.05) is 24.0 Å². The number of aromatic nitrogens is 5. The van der Waals surface area contributed by atoms with Crippen molar-refractivity contribution >= 4 is 34.2 Å². The molecule has 0 radical (unpaired) electrons. The first kappa shape index (κ1) is 21.2. The molecule has 0 saturated heterocycles. The standard InChI is InChI=1S/C24H23ClN6O2/c1-13(2)31-23-20(10-27-31)19(8-21(29-23)18-7-14(3)33-15(18)4)24(32)26-9-17-12-30-11-16(25)5-6-22(30)28-17/h5-8,10-13H,9H2,1-4H3,(H,26,32). The normalized spacial score (nSPS) is 11.7. The molecular weight excluding hydrogens is 440 g/mol. The van der Waals surface area contributed by atoms with Gasteiger partial charge in [0.15, 0.2) is 5.65 Å². The lowest BCUT2D eigenvalue weighted by Crippen LogP contribution is -2.23. The summed E-state index contributed by atoms with van der Waals surface area (Å²) in [6.45, 7) is 8.12. The Kier molecular flexibility index (Phi) is 5.17. The summed E-state index contributed by atoms with van der Waals surface area (Å²) < 4.78 is 9.36.